The van der Waals surface area contributed by atoms with Crippen LogP contribution < -0.4 is 11.1 Å². The number of hydrogen-bond acceptors (Lipinski definition) is 4. The number of rotatable bonds is 6. The van der Waals surface area contributed by atoms with Crippen LogP contribution in [0.3, 0.4) is 0 Å². The van der Waals surface area contributed by atoms with E-state index in [0.717, 1.165) is 24.6 Å². The lowest BCUT2D eigenvalue weighted by Gasteiger charge is -2.05. The topological polar surface area (TPSA) is 98.3 Å². The maximum absolute atomic E-state index is 13.1. The summed E-state index contributed by atoms with van der Waals surface area (Å²) in [4.78, 5) is 21.2. The zero-order valence-electron chi connectivity index (χ0n) is 9.69. The van der Waals surface area contributed by atoms with Crippen LogP contribution in [0.2, 0.25) is 0 Å². The minimum Gasteiger partial charge on any atom is -0.330 e. The number of nitrogens with one attached hydrogen (secondary N) is 1. The molecule has 0 radical (unpaired) electrons. The van der Waals surface area contributed by atoms with Gasteiger partial charge in [-0.05, 0) is 25.5 Å². The predicted octanol–water partition coefficient (Wildman–Crippen LogP) is 1.80. The number of non-ortho nitro benzene ring substituents is 1. The molecule has 0 aliphatic rings. The first-order valence-corrected chi connectivity index (χ1v) is 5.48. The van der Waals surface area contributed by atoms with Crippen molar-refractivity contribution in [2.45, 2.75) is 19.3 Å². The molecule has 0 saturated carbocycles. The van der Waals surface area contributed by atoms with E-state index in [9.17, 15) is 19.3 Å². The number of carbonyl (C=O) groups excluding carboxylic acids is 1. The summed E-state index contributed by atoms with van der Waals surface area (Å²) in [6.07, 6.45) is 1.60. The Hall–Kier alpha value is -2.02. The number of hydrogen-bond donors (Lipinski definition) is 2. The number of unbranched alkanes of at least 4 members (excludes halogenated alkanes) is 1. The Morgan fingerprint density at radius 3 is 2.72 bits per heavy atom. The molecule has 1 amide bonds. The Morgan fingerprint density at radius 1 is 1.39 bits per heavy atom. The molecule has 0 heterocycles. The molecule has 7 heteroatoms. The van der Waals surface area contributed by atoms with Gasteiger partial charge in [0.05, 0.1) is 16.7 Å². The van der Waals surface area contributed by atoms with Gasteiger partial charge < -0.3 is 11.1 Å². The van der Waals surface area contributed by atoms with E-state index in [1.807, 2.05) is 0 Å². The number of amides is 1. The number of anilines is 1. The van der Waals surface area contributed by atoms with Crippen LogP contribution in [0.4, 0.5) is 15.8 Å². The number of halogens is 1. The van der Waals surface area contributed by atoms with E-state index in [4.69, 9.17) is 5.73 Å². The monoisotopic (exact) mass is 255 g/mol. The maximum Gasteiger partial charge on any atom is 0.274 e. The normalized spacial score (nSPS) is 10.1. The highest BCUT2D eigenvalue weighted by Gasteiger charge is 2.11. The lowest BCUT2D eigenvalue weighted by Crippen LogP contribution is -2.12. The van der Waals surface area contributed by atoms with Gasteiger partial charge in [0.15, 0.2) is 0 Å². The summed E-state index contributed by atoms with van der Waals surface area (Å²) in [6, 6.07) is 2.95. The van der Waals surface area contributed by atoms with Gasteiger partial charge in [-0.25, -0.2) is 4.39 Å². The van der Waals surface area contributed by atoms with Crippen molar-refractivity contribution in [1.29, 1.82) is 0 Å². The van der Waals surface area contributed by atoms with Gasteiger partial charge in [0.1, 0.15) is 5.82 Å². The first-order valence-electron chi connectivity index (χ1n) is 5.48. The van der Waals surface area contributed by atoms with Gasteiger partial charge in [0.25, 0.3) is 5.69 Å². The second-order valence-corrected chi connectivity index (χ2v) is 3.75. The summed E-state index contributed by atoms with van der Waals surface area (Å²) < 4.78 is 13.1. The van der Waals surface area contributed by atoms with E-state index in [1.165, 1.54) is 0 Å². The van der Waals surface area contributed by atoms with Crippen LogP contribution in [0.1, 0.15) is 19.3 Å². The van der Waals surface area contributed by atoms with Gasteiger partial charge >= 0.3 is 0 Å². The molecule has 0 unspecified atom stereocenters. The van der Waals surface area contributed by atoms with E-state index < -0.39 is 16.4 Å². The predicted molar refractivity (Wildman–Crippen MR) is 64.6 cm³/mol. The highest BCUT2D eigenvalue weighted by Crippen LogP contribution is 2.20. The zero-order chi connectivity index (χ0) is 13.5. The molecule has 18 heavy (non-hydrogen) atoms. The fourth-order valence-corrected chi connectivity index (χ4v) is 1.41. The highest BCUT2D eigenvalue weighted by atomic mass is 19.1. The molecular formula is C11H14FN3O3. The lowest BCUT2D eigenvalue weighted by molar-refractivity contribution is -0.385. The highest BCUT2D eigenvalue weighted by molar-refractivity contribution is 5.90. The van der Waals surface area contributed by atoms with E-state index in [0.29, 0.717) is 13.0 Å². The van der Waals surface area contributed by atoms with Gasteiger partial charge in [-0.2, -0.15) is 0 Å². The van der Waals surface area contributed by atoms with Crippen molar-refractivity contribution in [3.05, 3.63) is 34.1 Å². The van der Waals surface area contributed by atoms with Crippen molar-refractivity contribution in [1.82, 2.24) is 0 Å². The fraction of sp³-hybridized carbons (Fsp3) is 0.364. The van der Waals surface area contributed by atoms with Crippen molar-refractivity contribution in [2.24, 2.45) is 5.73 Å². The van der Waals surface area contributed by atoms with Crippen molar-refractivity contribution >= 4 is 17.3 Å². The number of benzene rings is 1. The van der Waals surface area contributed by atoms with Crippen LogP contribution in [0.25, 0.3) is 0 Å². The summed E-state index contributed by atoms with van der Waals surface area (Å²) >= 11 is 0. The number of nitro groups is 1. The zero-order valence-corrected chi connectivity index (χ0v) is 9.69. The maximum atomic E-state index is 13.1. The summed E-state index contributed by atoms with van der Waals surface area (Å²) in [7, 11) is 0. The van der Waals surface area contributed by atoms with Gasteiger partial charge in [-0.15, -0.1) is 0 Å². The first kappa shape index (κ1) is 14.0. The van der Waals surface area contributed by atoms with Gasteiger partial charge in [0, 0.05) is 12.5 Å². The standard InChI is InChI=1S/C11H14FN3O3/c12-8-5-9(7-10(6-8)15(17)18)14-11(16)3-1-2-4-13/h5-7H,1-4,13H2,(H,14,16). The SMILES string of the molecule is NCCCCC(=O)Nc1cc(F)cc([N+](=O)[O-])c1. The third-order valence-corrected chi connectivity index (χ3v) is 2.24. The molecule has 0 bridgehead atoms. The number of carbonyl (C=O) groups is 1. The molecule has 1 aromatic carbocycles. The number of nitrogens with two attached hydrogens (primary N) is 1. The first-order chi connectivity index (χ1) is 8.52. The largest absolute Gasteiger partial charge is 0.330 e. The molecule has 0 saturated heterocycles. The fourth-order valence-electron chi connectivity index (χ4n) is 1.41. The van der Waals surface area contributed by atoms with E-state index in [-0.39, 0.29) is 18.0 Å². The molecule has 0 fully saturated rings. The molecule has 0 aliphatic carbocycles. The molecule has 0 atom stereocenters. The molecular weight excluding hydrogens is 241 g/mol. The second kappa shape index (κ2) is 6.65. The average Bonchev–Trinajstić information content (AvgIpc) is 2.28. The van der Waals surface area contributed by atoms with Crippen molar-refractivity contribution < 1.29 is 14.1 Å². The molecule has 98 valence electrons. The van der Waals surface area contributed by atoms with Gasteiger partial charge in [0.2, 0.25) is 5.91 Å². The Bertz CT molecular complexity index is 451. The van der Waals surface area contributed by atoms with Crippen molar-refractivity contribution in [3.63, 3.8) is 0 Å². The molecule has 6 nitrogen and oxygen atoms in total. The Labute approximate surface area is 103 Å². The number of nitro benzene ring substituents is 1. The van der Waals surface area contributed by atoms with Crippen molar-refractivity contribution in [2.75, 3.05) is 11.9 Å². The Kier molecular flexibility index (Phi) is 5.19. The molecule has 1 aromatic rings. The van der Waals surface area contributed by atoms with Gasteiger partial charge in [-0.3, -0.25) is 14.9 Å². The minimum atomic E-state index is -0.763. The van der Waals surface area contributed by atoms with E-state index in [2.05, 4.69) is 5.32 Å². The van der Waals surface area contributed by atoms with E-state index >= 15 is 0 Å². The molecule has 0 aromatic heterocycles. The molecule has 3 N–H and O–H groups in total. The summed E-state index contributed by atoms with van der Waals surface area (Å²) in [5, 5.41) is 12.9. The third-order valence-electron chi connectivity index (χ3n) is 2.24. The third kappa shape index (κ3) is 4.46. The summed E-state index contributed by atoms with van der Waals surface area (Å²) in [6.45, 7) is 0.499. The quantitative estimate of drug-likeness (QED) is 0.460. The average molecular weight is 255 g/mol. The summed E-state index contributed by atoms with van der Waals surface area (Å²) in [5.41, 5.74) is 4.97. The lowest BCUT2D eigenvalue weighted by atomic mass is 10.2. The Morgan fingerprint density at radius 2 is 2.11 bits per heavy atom. The summed E-state index contributed by atoms with van der Waals surface area (Å²) in [5.74, 6) is -1.08. The second-order valence-electron chi connectivity index (χ2n) is 3.75. The number of nitrogens with zero attached hydrogens (tertiary/aromatic N) is 1. The van der Waals surface area contributed by atoms with Crippen molar-refractivity contribution in [3.8, 4) is 0 Å². The van der Waals surface area contributed by atoms with Crippen LogP contribution in [0.5, 0.6) is 0 Å². The van der Waals surface area contributed by atoms with Crippen LogP contribution in [-0.2, 0) is 4.79 Å². The van der Waals surface area contributed by atoms with Crippen LogP contribution >= 0.6 is 0 Å². The van der Waals surface area contributed by atoms with Gasteiger partial charge in [-0.1, -0.05) is 0 Å². The minimum absolute atomic E-state index is 0.0828. The molecule has 0 aliphatic heterocycles. The van der Waals surface area contributed by atoms with Crippen LogP contribution in [0, 0.1) is 15.9 Å². The molecule has 1 rings (SSSR count). The Balaban J connectivity index is 2.66. The van der Waals surface area contributed by atoms with Crippen LogP contribution in [-0.4, -0.2) is 17.4 Å². The smallest absolute Gasteiger partial charge is 0.274 e. The molecule has 0 spiro atoms. The van der Waals surface area contributed by atoms with E-state index in [1.54, 1.807) is 0 Å². The van der Waals surface area contributed by atoms with Crippen LogP contribution in [0.15, 0.2) is 18.2 Å².